The number of rotatable bonds is 5. The fraction of sp³-hybridized carbons (Fsp3) is 0.938. The minimum Gasteiger partial charge on any atom is -0.466 e. The van der Waals surface area contributed by atoms with Crippen LogP contribution in [0.1, 0.15) is 72.6 Å². The van der Waals surface area contributed by atoms with Crippen LogP contribution in [0.25, 0.3) is 0 Å². The van der Waals surface area contributed by atoms with Crippen LogP contribution in [0.4, 0.5) is 0 Å². The number of hydrogen-bond donors (Lipinski definition) is 0. The summed E-state index contributed by atoms with van der Waals surface area (Å²) in [7, 11) is 0. The summed E-state index contributed by atoms with van der Waals surface area (Å²) >= 11 is 0. The number of ether oxygens (including phenoxy) is 1. The maximum Gasteiger partial charge on any atom is 0.306 e. The van der Waals surface area contributed by atoms with Crippen molar-refractivity contribution in [2.24, 2.45) is 17.3 Å². The molecule has 0 saturated heterocycles. The molecule has 0 spiro atoms. The first-order valence-electron chi connectivity index (χ1n) is 7.56. The van der Waals surface area contributed by atoms with Crippen molar-refractivity contribution in [3.8, 4) is 0 Å². The molecule has 2 nitrogen and oxygen atoms in total. The SMILES string of the molecule is CCCOC(=O)CC1CCC(CC(C)(C)C)CC1. The fourth-order valence-electron chi connectivity index (χ4n) is 3.02. The topological polar surface area (TPSA) is 26.3 Å². The van der Waals surface area contributed by atoms with Crippen LogP contribution in [-0.2, 0) is 9.53 Å². The smallest absolute Gasteiger partial charge is 0.306 e. The summed E-state index contributed by atoms with van der Waals surface area (Å²) in [4.78, 5) is 11.6. The third kappa shape index (κ3) is 6.42. The predicted molar refractivity (Wildman–Crippen MR) is 75.4 cm³/mol. The van der Waals surface area contributed by atoms with Gasteiger partial charge in [-0.1, -0.05) is 40.5 Å². The Bertz CT molecular complexity index is 244. The fourth-order valence-corrected chi connectivity index (χ4v) is 3.02. The molecule has 0 unspecified atom stereocenters. The predicted octanol–water partition coefficient (Wildman–Crippen LogP) is 4.57. The molecule has 2 heteroatoms. The van der Waals surface area contributed by atoms with Crippen molar-refractivity contribution in [2.45, 2.75) is 72.6 Å². The maximum absolute atomic E-state index is 11.6. The quantitative estimate of drug-likeness (QED) is 0.672. The van der Waals surface area contributed by atoms with Crippen LogP contribution in [0.3, 0.4) is 0 Å². The third-order valence-corrected chi connectivity index (χ3v) is 3.79. The summed E-state index contributed by atoms with van der Waals surface area (Å²) in [5.74, 6) is 1.45. The van der Waals surface area contributed by atoms with E-state index < -0.39 is 0 Å². The molecule has 0 aromatic carbocycles. The van der Waals surface area contributed by atoms with E-state index in [1.165, 1.54) is 32.1 Å². The van der Waals surface area contributed by atoms with E-state index in [0.29, 0.717) is 24.4 Å². The standard InChI is InChI=1S/C16H30O2/c1-5-10-18-15(17)11-13-6-8-14(9-7-13)12-16(2,3)4/h13-14H,5-12H2,1-4H3. The summed E-state index contributed by atoms with van der Waals surface area (Å²) in [5.41, 5.74) is 0.442. The zero-order chi connectivity index (χ0) is 13.6. The zero-order valence-electron chi connectivity index (χ0n) is 12.6. The minimum atomic E-state index is 0.0103. The Morgan fingerprint density at radius 1 is 1.11 bits per heavy atom. The Labute approximate surface area is 112 Å². The van der Waals surface area contributed by atoms with Gasteiger partial charge in [-0.3, -0.25) is 4.79 Å². The van der Waals surface area contributed by atoms with E-state index in [-0.39, 0.29) is 5.97 Å². The highest BCUT2D eigenvalue weighted by molar-refractivity contribution is 5.69. The summed E-state index contributed by atoms with van der Waals surface area (Å²) < 4.78 is 5.16. The first-order valence-corrected chi connectivity index (χ1v) is 7.56. The Kier molecular flexibility index (Phi) is 6.17. The van der Waals surface area contributed by atoms with Gasteiger partial charge in [0.2, 0.25) is 0 Å². The van der Waals surface area contributed by atoms with Gasteiger partial charge in [-0.15, -0.1) is 0 Å². The molecule has 0 radical (unpaired) electrons. The minimum absolute atomic E-state index is 0.0103. The summed E-state index contributed by atoms with van der Waals surface area (Å²) in [6.45, 7) is 9.58. The molecule has 0 bridgehead atoms. The van der Waals surface area contributed by atoms with Crippen LogP contribution in [-0.4, -0.2) is 12.6 Å². The summed E-state index contributed by atoms with van der Waals surface area (Å²) in [6, 6.07) is 0. The van der Waals surface area contributed by atoms with Crippen LogP contribution in [0, 0.1) is 17.3 Å². The van der Waals surface area contributed by atoms with Crippen molar-refractivity contribution in [1.82, 2.24) is 0 Å². The average molecular weight is 254 g/mol. The number of esters is 1. The van der Waals surface area contributed by atoms with Crippen LogP contribution in [0.2, 0.25) is 0 Å². The largest absolute Gasteiger partial charge is 0.466 e. The molecule has 1 rings (SSSR count). The Hall–Kier alpha value is -0.530. The second kappa shape index (κ2) is 7.16. The summed E-state index contributed by atoms with van der Waals surface area (Å²) in [5, 5.41) is 0. The van der Waals surface area contributed by atoms with Crippen molar-refractivity contribution in [1.29, 1.82) is 0 Å². The molecule has 0 N–H and O–H groups in total. The van der Waals surface area contributed by atoms with Crippen molar-refractivity contribution in [3.05, 3.63) is 0 Å². The monoisotopic (exact) mass is 254 g/mol. The molecule has 0 amide bonds. The van der Waals surface area contributed by atoms with Crippen LogP contribution in [0.5, 0.6) is 0 Å². The first kappa shape index (κ1) is 15.5. The van der Waals surface area contributed by atoms with E-state index in [9.17, 15) is 4.79 Å². The van der Waals surface area contributed by atoms with E-state index in [4.69, 9.17) is 4.74 Å². The molecule has 0 heterocycles. The van der Waals surface area contributed by atoms with E-state index in [1.807, 2.05) is 6.92 Å². The van der Waals surface area contributed by atoms with E-state index in [0.717, 1.165) is 12.3 Å². The maximum atomic E-state index is 11.6. The number of hydrogen-bond acceptors (Lipinski definition) is 2. The third-order valence-electron chi connectivity index (χ3n) is 3.79. The lowest BCUT2D eigenvalue weighted by Gasteiger charge is -2.32. The van der Waals surface area contributed by atoms with Crippen molar-refractivity contribution in [3.63, 3.8) is 0 Å². The molecule has 1 fully saturated rings. The molecule has 0 aromatic rings. The first-order chi connectivity index (χ1) is 8.40. The zero-order valence-corrected chi connectivity index (χ0v) is 12.6. The van der Waals surface area contributed by atoms with Gasteiger partial charge in [0.1, 0.15) is 0 Å². The lowest BCUT2D eigenvalue weighted by Crippen LogP contribution is -2.22. The van der Waals surface area contributed by atoms with Crippen molar-refractivity contribution in [2.75, 3.05) is 6.61 Å². The number of carbonyl (C=O) groups is 1. The normalized spacial score (nSPS) is 24.9. The molecular formula is C16H30O2. The van der Waals surface area contributed by atoms with Gasteiger partial charge in [0.05, 0.1) is 6.61 Å². The molecule has 1 saturated carbocycles. The molecular weight excluding hydrogens is 224 g/mol. The highest BCUT2D eigenvalue weighted by Gasteiger charge is 2.26. The van der Waals surface area contributed by atoms with Gasteiger partial charge < -0.3 is 4.74 Å². The van der Waals surface area contributed by atoms with Crippen LogP contribution >= 0.6 is 0 Å². The molecule has 0 atom stereocenters. The Balaban J connectivity index is 2.21. The van der Waals surface area contributed by atoms with Gasteiger partial charge in [-0.05, 0) is 42.9 Å². The molecule has 18 heavy (non-hydrogen) atoms. The average Bonchev–Trinajstić information content (AvgIpc) is 2.27. The Morgan fingerprint density at radius 3 is 2.17 bits per heavy atom. The van der Waals surface area contributed by atoms with Gasteiger partial charge in [0.15, 0.2) is 0 Å². The molecule has 0 aromatic heterocycles. The molecule has 0 aliphatic heterocycles. The molecule has 1 aliphatic carbocycles. The van der Waals surface area contributed by atoms with Gasteiger partial charge in [0.25, 0.3) is 0 Å². The Morgan fingerprint density at radius 2 is 1.67 bits per heavy atom. The summed E-state index contributed by atoms with van der Waals surface area (Å²) in [6.07, 6.45) is 7.89. The van der Waals surface area contributed by atoms with E-state index in [2.05, 4.69) is 20.8 Å². The second-order valence-electron chi connectivity index (χ2n) is 7.08. The molecule has 106 valence electrons. The highest BCUT2D eigenvalue weighted by Crippen LogP contribution is 2.37. The van der Waals surface area contributed by atoms with Gasteiger partial charge in [-0.2, -0.15) is 0 Å². The van der Waals surface area contributed by atoms with E-state index in [1.54, 1.807) is 0 Å². The van der Waals surface area contributed by atoms with Gasteiger partial charge >= 0.3 is 5.97 Å². The highest BCUT2D eigenvalue weighted by atomic mass is 16.5. The second-order valence-corrected chi connectivity index (χ2v) is 7.08. The molecule has 1 aliphatic rings. The van der Waals surface area contributed by atoms with Crippen LogP contribution in [0.15, 0.2) is 0 Å². The van der Waals surface area contributed by atoms with Crippen molar-refractivity contribution < 1.29 is 9.53 Å². The van der Waals surface area contributed by atoms with Gasteiger partial charge in [-0.25, -0.2) is 0 Å². The lowest BCUT2D eigenvalue weighted by atomic mass is 9.74. The van der Waals surface area contributed by atoms with Crippen LogP contribution < -0.4 is 0 Å². The van der Waals surface area contributed by atoms with Crippen molar-refractivity contribution >= 4 is 5.97 Å². The van der Waals surface area contributed by atoms with Gasteiger partial charge in [0, 0.05) is 6.42 Å². The lowest BCUT2D eigenvalue weighted by molar-refractivity contribution is -0.145. The van der Waals surface area contributed by atoms with E-state index >= 15 is 0 Å². The number of carbonyl (C=O) groups excluding carboxylic acids is 1.